The van der Waals surface area contributed by atoms with Crippen molar-refractivity contribution >= 4 is 12.1 Å². The molecule has 2 aromatic rings. The zero-order valence-electron chi connectivity index (χ0n) is 12.2. The monoisotopic (exact) mass is 273 g/mol. The Morgan fingerprint density at radius 2 is 2.10 bits per heavy atom. The predicted molar refractivity (Wildman–Crippen MR) is 78.5 cm³/mol. The number of amides is 1. The summed E-state index contributed by atoms with van der Waals surface area (Å²) in [5.41, 5.74) is 2.58. The van der Waals surface area contributed by atoms with Crippen LogP contribution in [0.3, 0.4) is 0 Å². The normalized spacial score (nSPS) is 10.7. The number of nitrogens with one attached hydrogen (secondary N) is 1. The van der Waals surface area contributed by atoms with E-state index >= 15 is 0 Å². The van der Waals surface area contributed by atoms with Gasteiger partial charge in [-0.25, -0.2) is 4.98 Å². The lowest BCUT2D eigenvalue weighted by Crippen LogP contribution is -2.09. The molecule has 0 fully saturated rings. The van der Waals surface area contributed by atoms with Crippen molar-refractivity contribution < 1.29 is 9.53 Å². The maximum atomic E-state index is 10.6. The molecule has 1 aromatic carbocycles. The number of aryl methyl sites for hydroxylation is 2. The second-order valence-corrected chi connectivity index (χ2v) is 4.91. The van der Waals surface area contributed by atoms with E-state index in [1.165, 1.54) is 0 Å². The van der Waals surface area contributed by atoms with Crippen molar-refractivity contribution in [3.63, 3.8) is 0 Å². The Kier molecular flexibility index (Phi) is 4.08. The summed E-state index contributed by atoms with van der Waals surface area (Å²) in [6.45, 7) is 7.80. The van der Waals surface area contributed by atoms with Crippen LogP contribution in [0.2, 0.25) is 0 Å². The molecule has 1 amide bonds. The predicted octanol–water partition coefficient (Wildman–Crippen LogP) is 2.84. The van der Waals surface area contributed by atoms with Crippen molar-refractivity contribution in [3.05, 3.63) is 35.9 Å². The third kappa shape index (κ3) is 2.99. The summed E-state index contributed by atoms with van der Waals surface area (Å²) in [6.07, 6.45) is 2.65. The summed E-state index contributed by atoms with van der Waals surface area (Å²) in [4.78, 5) is 15.0. The quantitative estimate of drug-likeness (QED) is 0.852. The lowest BCUT2D eigenvalue weighted by molar-refractivity contribution is -0.105. The van der Waals surface area contributed by atoms with E-state index in [2.05, 4.69) is 10.3 Å². The molecule has 20 heavy (non-hydrogen) atoms. The maximum absolute atomic E-state index is 10.6. The first-order valence-corrected chi connectivity index (χ1v) is 6.55. The summed E-state index contributed by atoms with van der Waals surface area (Å²) in [7, 11) is 0. The molecule has 1 aromatic heterocycles. The van der Waals surface area contributed by atoms with Gasteiger partial charge in [0.15, 0.2) is 0 Å². The minimum atomic E-state index is 0.0306. The zero-order chi connectivity index (χ0) is 14.7. The molecule has 0 unspecified atom stereocenters. The Morgan fingerprint density at radius 1 is 1.35 bits per heavy atom. The molecule has 0 bridgehead atoms. The molecular formula is C15H19N3O2. The lowest BCUT2D eigenvalue weighted by Gasteiger charge is -2.15. The fourth-order valence-corrected chi connectivity index (χ4v) is 2.07. The van der Waals surface area contributed by atoms with Gasteiger partial charge in [0.05, 0.1) is 23.2 Å². The first kappa shape index (κ1) is 14.1. The van der Waals surface area contributed by atoms with Crippen LogP contribution < -0.4 is 10.1 Å². The number of carbonyl (C=O) groups is 1. The van der Waals surface area contributed by atoms with Crippen LogP contribution in [0, 0.1) is 13.8 Å². The van der Waals surface area contributed by atoms with Crippen LogP contribution in [0.25, 0.3) is 5.69 Å². The highest BCUT2D eigenvalue weighted by atomic mass is 16.5. The van der Waals surface area contributed by atoms with E-state index in [1.807, 2.05) is 56.7 Å². The summed E-state index contributed by atoms with van der Waals surface area (Å²) in [5, 5.41) is 2.65. The Balaban J connectivity index is 2.45. The maximum Gasteiger partial charge on any atom is 0.211 e. The second kappa shape index (κ2) is 5.77. The highest BCUT2D eigenvalue weighted by Crippen LogP contribution is 2.28. The first-order valence-electron chi connectivity index (χ1n) is 6.55. The van der Waals surface area contributed by atoms with E-state index < -0.39 is 0 Å². The molecule has 0 aliphatic carbocycles. The summed E-state index contributed by atoms with van der Waals surface area (Å²) >= 11 is 0. The highest BCUT2D eigenvalue weighted by molar-refractivity contribution is 5.76. The van der Waals surface area contributed by atoms with E-state index in [0.29, 0.717) is 17.8 Å². The number of hydrogen-bond donors (Lipinski definition) is 1. The average molecular weight is 273 g/mol. The molecule has 5 nitrogen and oxygen atoms in total. The van der Waals surface area contributed by atoms with Crippen LogP contribution in [0.15, 0.2) is 24.4 Å². The van der Waals surface area contributed by atoms with Crippen molar-refractivity contribution in [2.24, 2.45) is 0 Å². The largest absolute Gasteiger partial charge is 0.489 e. The van der Waals surface area contributed by atoms with Gasteiger partial charge in [0, 0.05) is 12.3 Å². The minimum Gasteiger partial charge on any atom is -0.489 e. The molecule has 0 aliphatic rings. The number of anilines is 1. The van der Waals surface area contributed by atoms with Crippen LogP contribution in [0.4, 0.5) is 5.69 Å². The Morgan fingerprint density at radius 3 is 2.65 bits per heavy atom. The van der Waals surface area contributed by atoms with Crippen LogP contribution in [0.1, 0.15) is 25.4 Å². The van der Waals surface area contributed by atoms with E-state index in [-0.39, 0.29) is 6.10 Å². The van der Waals surface area contributed by atoms with Crippen LogP contribution >= 0.6 is 0 Å². The number of ether oxygens (including phenoxy) is 1. The van der Waals surface area contributed by atoms with Crippen molar-refractivity contribution in [1.29, 1.82) is 0 Å². The smallest absolute Gasteiger partial charge is 0.211 e. The van der Waals surface area contributed by atoms with Gasteiger partial charge in [0.1, 0.15) is 11.6 Å². The third-order valence-corrected chi connectivity index (χ3v) is 2.82. The standard InChI is InChI=1S/C15H19N3O2/c1-10(2)20-15-7-13(5-6-14(15)16-9-19)18-8-11(3)17-12(18)4/h5-10H,1-4H3,(H,16,19). The molecule has 0 spiro atoms. The topological polar surface area (TPSA) is 56.2 Å². The molecule has 106 valence electrons. The number of hydrogen-bond acceptors (Lipinski definition) is 3. The molecule has 1 heterocycles. The number of aromatic nitrogens is 2. The highest BCUT2D eigenvalue weighted by Gasteiger charge is 2.10. The first-order chi connectivity index (χ1) is 9.51. The van der Waals surface area contributed by atoms with E-state index in [4.69, 9.17) is 4.74 Å². The van der Waals surface area contributed by atoms with E-state index in [0.717, 1.165) is 17.2 Å². The van der Waals surface area contributed by atoms with Crippen molar-refractivity contribution in [1.82, 2.24) is 9.55 Å². The van der Waals surface area contributed by atoms with Crippen molar-refractivity contribution in [2.75, 3.05) is 5.32 Å². The number of benzene rings is 1. The molecule has 5 heteroatoms. The van der Waals surface area contributed by atoms with Crippen molar-refractivity contribution in [3.8, 4) is 11.4 Å². The van der Waals surface area contributed by atoms with Gasteiger partial charge >= 0.3 is 0 Å². The van der Waals surface area contributed by atoms with Gasteiger partial charge in [-0.05, 0) is 39.8 Å². The van der Waals surface area contributed by atoms with E-state index in [9.17, 15) is 4.79 Å². The Labute approximate surface area is 118 Å². The summed E-state index contributed by atoms with van der Waals surface area (Å²) in [5.74, 6) is 1.56. The van der Waals surface area contributed by atoms with E-state index in [1.54, 1.807) is 0 Å². The molecule has 1 N–H and O–H groups in total. The van der Waals surface area contributed by atoms with Gasteiger partial charge in [0.25, 0.3) is 0 Å². The van der Waals surface area contributed by atoms with Gasteiger partial charge in [-0.3, -0.25) is 4.79 Å². The van der Waals surface area contributed by atoms with Crippen LogP contribution in [0.5, 0.6) is 5.75 Å². The van der Waals surface area contributed by atoms with Gasteiger partial charge in [-0.1, -0.05) is 0 Å². The lowest BCUT2D eigenvalue weighted by atomic mass is 10.2. The zero-order valence-corrected chi connectivity index (χ0v) is 12.2. The van der Waals surface area contributed by atoms with Crippen LogP contribution in [-0.2, 0) is 4.79 Å². The van der Waals surface area contributed by atoms with Gasteiger partial charge in [-0.15, -0.1) is 0 Å². The Hall–Kier alpha value is -2.30. The molecule has 0 saturated carbocycles. The second-order valence-electron chi connectivity index (χ2n) is 4.91. The van der Waals surface area contributed by atoms with Crippen LogP contribution in [-0.4, -0.2) is 22.1 Å². The number of carbonyl (C=O) groups excluding carboxylic acids is 1. The molecule has 0 aliphatic heterocycles. The number of nitrogens with zero attached hydrogens (tertiary/aromatic N) is 2. The SMILES string of the molecule is Cc1cn(-c2ccc(NC=O)c(OC(C)C)c2)c(C)n1. The molecular weight excluding hydrogens is 254 g/mol. The number of imidazole rings is 1. The minimum absolute atomic E-state index is 0.0306. The molecule has 0 radical (unpaired) electrons. The van der Waals surface area contributed by atoms with Gasteiger partial charge in [0.2, 0.25) is 6.41 Å². The molecule has 0 atom stereocenters. The summed E-state index contributed by atoms with van der Waals surface area (Å²) in [6, 6.07) is 5.66. The van der Waals surface area contributed by atoms with Crippen molar-refractivity contribution in [2.45, 2.75) is 33.8 Å². The van der Waals surface area contributed by atoms with Gasteiger partial charge < -0.3 is 14.6 Å². The molecule has 2 rings (SSSR count). The third-order valence-electron chi connectivity index (χ3n) is 2.82. The fourth-order valence-electron chi connectivity index (χ4n) is 2.07. The average Bonchev–Trinajstić information content (AvgIpc) is 2.70. The summed E-state index contributed by atoms with van der Waals surface area (Å²) < 4.78 is 7.74. The van der Waals surface area contributed by atoms with Gasteiger partial charge in [-0.2, -0.15) is 0 Å². The fraction of sp³-hybridized carbons (Fsp3) is 0.333. The Bertz CT molecular complexity index is 618. The number of rotatable bonds is 5. The molecule has 0 saturated heterocycles.